The second kappa shape index (κ2) is 11.0. The molecule has 1 saturated heterocycles. The molecular weight excluding hydrogens is 470 g/mol. The van der Waals surface area contributed by atoms with Gasteiger partial charge in [0, 0.05) is 18.7 Å². The molecule has 0 atom stereocenters. The van der Waals surface area contributed by atoms with Crippen LogP contribution in [0.2, 0.25) is 0 Å². The molecule has 35 heavy (non-hydrogen) atoms. The van der Waals surface area contributed by atoms with Crippen LogP contribution in [-0.2, 0) is 19.6 Å². The molecule has 10 heteroatoms. The van der Waals surface area contributed by atoms with Crippen molar-refractivity contribution in [2.75, 3.05) is 37.6 Å². The fourth-order valence-electron chi connectivity index (χ4n) is 3.43. The maximum atomic E-state index is 12.9. The van der Waals surface area contributed by atoms with Crippen molar-refractivity contribution in [3.8, 4) is 11.5 Å². The minimum absolute atomic E-state index is 0.0204. The first-order valence-corrected chi connectivity index (χ1v) is 12.5. The molecule has 2 amide bonds. The minimum Gasteiger partial charge on any atom is -0.455 e. The van der Waals surface area contributed by atoms with E-state index in [0.29, 0.717) is 37.8 Å². The highest BCUT2D eigenvalue weighted by atomic mass is 32.2. The number of anilines is 1. The number of hydrogen-bond acceptors (Lipinski definition) is 6. The van der Waals surface area contributed by atoms with Gasteiger partial charge in [0.25, 0.3) is 15.9 Å². The van der Waals surface area contributed by atoms with E-state index in [9.17, 15) is 18.0 Å². The topological polar surface area (TPSA) is 114 Å². The fraction of sp³-hybridized carbons (Fsp3) is 0.200. The number of para-hydroxylation sites is 3. The quantitative estimate of drug-likeness (QED) is 0.497. The summed E-state index contributed by atoms with van der Waals surface area (Å²) < 4.78 is 39.5. The monoisotopic (exact) mass is 495 g/mol. The Balaban J connectivity index is 1.40. The first-order valence-electron chi connectivity index (χ1n) is 11.0. The summed E-state index contributed by atoms with van der Waals surface area (Å²) in [7, 11) is -3.95. The Morgan fingerprint density at radius 3 is 2.26 bits per heavy atom. The van der Waals surface area contributed by atoms with Gasteiger partial charge in [-0.15, -0.1) is 0 Å². The predicted octanol–water partition coefficient (Wildman–Crippen LogP) is 2.87. The SMILES string of the molecule is O=C(NCC(=O)N1CCOCC1)c1ccc(S(=O)(=O)Nc2ccccc2Oc2ccccc2)cc1. The van der Waals surface area contributed by atoms with Gasteiger partial charge in [-0.25, -0.2) is 8.42 Å². The van der Waals surface area contributed by atoms with Crippen LogP contribution in [0.25, 0.3) is 0 Å². The first kappa shape index (κ1) is 24.2. The van der Waals surface area contributed by atoms with E-state index in [1.165, 1.54) is 24.3 Å². The van der Waals surface area contributed by atoms with Gasteiger partial charge in [-0.1, -0.05) is 30.3 Å². The molecule has 0 aromatic heterocycles. The molecule has 2 N–H and O–H groups in total. The van der Waals surface area contributed by atoms with Crippen LogP contribution in [0.4, 0.5) is 5.69 Å². The second-order valence-corrected chi connectivity index (χ2v) is 9.40. The lowest BCUT2D eigenvalue weighted by Crippen LogP contribution is -2.45. The maximum Gasteiger partial charge on any atom is 0.262 e. The van der Waals surface area contributed by atoms with Crippen LogP contribution in [0.5, 0.6) is 11.5 Å². The van der Waals surface area contributed by atoms with E-state index in [-0.39, 0.29) is 28.6 Å². The summed E-state index contributed by atoms with van der Waals surface area (Å²) in [6, 6.07) is 21.2. The average molecular weight is 496 g/mol. The van der Waals surface area contributed by atoms with Gasteiger partial charge in [0.15, 0.2) is 5.75 Å². The average Bonchev–Trinajstić information content (AvgIpc) is 2.89. The molecule has 1 aliphatic heterocycles. The largest absolute Gasteiger partial charge is 0.455 e. The molecule has 3 aromatic rings. The lowest BCUT2D eigenvalue weighted by molar-refractivity contribution is -0.134. The molecule has 1 heterocycles. The van der Waals surface area contributed by atoms with Crippen molar-refractivity contribution in [1.29, 1.82) is 0 Å². The van der Waals surface area contributed by atoms with E-state index in [1.807, 2.05) is 18.2 Å². The van der Waals surface area contributed by atoms with Crippen molar-refractivity contribution in [3.63, 3.8) is 0 Å². The van der Waals surface area contributed by atoms with Crippen molar-refractivity contribution >= 4 is 27.5 Å². The van der Waals surface area contributed by atoms with Crippen LogP contribution in [0.15, 0.2) is 83.8 Å². The minimum atomic E-state index is -3.95. The smallest absolute Gasteiger partial charge is 0.262 e. The number of rotatable bonds is 8. The van der Waals surface area contributed by atoms with Gasteiger partial charge in [0.05, 0.1) is 30.3 Å². The Morgan fingerprint density at radius 2 is 1.54 bits per heavy atom. The second-order valence-electron chi connectivity index (χ2n) is 7.72. The van der Waals surface area contributed by atoms with Gasteiger partial charge in [-0.2, -0.15) is 0 Å². The summed E-state index contributed by atoms with van der Waals surface area (Å²) in [6.45, 7) is 1.80. The van der Waals surface area contributed by atoms with Gasteiger partial charge in [-0.05, 0) is 48.5 Å². The van der Waals surface area contributed by atoms with Crippen molar-refractivity contribution in [1.82, 2.24) is 10.2 Å². The zero-order chi connectivity index (χ0) is 24.7. The molecule has 0 saturated carbocycles. The van der Waals surface area contributed by atoms with Crippen LogP contribution < -0.4 is 14.8 Å². The van der Waals surface area contributed by atoms with Crippen LogP contribution in [0, 0.1) is 0 Å². The standard InChI is InChI=1S/C25H25N3O6S/c29-24(28-14-16-33-17-15-28)18-26-25(30)19-10-12-21(13-11-19)35(31,32)27-22-8-4-5-9-23(22)34-20-6-2-1-3-7-20/h1-13,27H,14-18H2,(H,26,30). The lowest BCUT2D eigenvalue weighted by atomic mass is 10.2. The molecular formula is C25H25N3O6S. The Kier molecular flexibility index (Phi) is 7.64. The zero-order valence-corrected chi connectivity index (χ0v) is 19.7. The van der Waals surface area contributed by atoms with Crippen molar-refractivity contribution in [3.05, 3.63) is 84.4 Å². The summed E-state index contributed by atoms with van der Waals surface area (Å²) in [6.07, 6.45) is 0. The van der Waals surface area contributed by atoms with Crippen molar-refractivity contribution < 1.29 is 27.5 Å². The first-order chi connectivity index (χ1) is 16.9. The summed E-state index contributed by atoms with van der Waals surface area (Å²) >= 11 is 0. The summed E-state index contributed by atoms with van der Waals surface area (Å²) in [5, 5.41) is 2.57. The summed E-state index contributed by atoms with van der Waals surface area (Å²) in [5.41, 5.74) is 0.520. The van der Waals surface area contributed by atoms with Gasteiger partial charge < -0.3 is 19.7 Å². The number of nitrogens with one attached hydrogen (secondary N) is 2. The number of carbonyl (C=O) groups is 2. The number of sulfonamides is 1. The third kappa shape index (κ3) is 6.37. The number of benzene rings is 3. The highest BCUT2D eigenvalue weighted by Gasteiger charge is 2.19. The van der Waals surface area contributed by atoms with Crippen LogP contribution in [0.3, 0.4) is 0 Å². The number of hydrogen-bond donors (Lipinski definition) is 2. The Labute approximate surface area is 203 Å². The summed E-state index contributed by atoms with van der Waals surface area (Å²) in [5.74, 6) is 0.261. The van der Waals surface area contributed by atoms with Gasteiger partial charge in [0.1, 0.15) is 5.75 Å². The lowest BCUT2D eigenvalue weighted by Gasteiger charge is -2.26. The molecule has 182 valence electrons. The molecule has 0 radical (unpaired) electrons. The van der Waals surface area contributed by atoms with Crippen LogP contribution in [-0.4, -0.2) is 58.0 Å². The number of carbonyl (C=O) groups excluding carboxylic acids is 2. The highest BCUT2D eigenvalue weighted by Crippen LogP contribution is 2.30. The van der Waals surface area contributed by atoms with Crippen molar-refractivity contribution in [2.45, 2.75) is 4.90 Å². The van der Waals surface area contributed by atoms with Gasteiger partial charge in [0.2, 0.25) is 5.91 Å². The molecule has 0 unspecified atom stereocenters. The van der Waals surface area contributed by atoms with E-state index in [1.54, 1.807) is 41.3 Å². The Hall–Kier alpha value is -3.89. The molecule has 1 fully saturated rings. The molecule has 4 rings (SSSR count). The van der Waals surface area contributed by atoms with E-state index >= 15 is 0 Å². The number of amides is 2. The fourth-order valence-corrected chi connectivity index (χ4v) is 4.50. The molecule has 0 aliphatic carbocycles. The maximum absolute atomic E-state index is 12.9. The van der Waals surface area contributed by atoms with E-state index in [4.69, 9.17) is 9.47 Å². The third-order valence-corrected chi connectivity index (χ3v) is 6.67. The normalized spacial score (nSPS) is 13.7. The third-order valence-electron chi connectivity index (χ3n) is 5.29. The van der Waals surface area contributed by atoms with Crippen molar-refractivity contribution in [2.24, 2.45) is 0 Å². The Morgan fingerprint density at radius 1 is 0.886 bits per heavy atom. The zero-order valence-electron chi connectivity index (χ0n) is 18.8. The number of morpholine rings is 1. The molecule has 1 aliphatic rings. The van der Waals surface area contributed by atoms with E-state index < -0.39 is 15.9 Å². The summed E-state index contributed by atoms with van der Waals surface area (Å²) in [4.78, 5) is 26.2. The van der Waals surface area contributed by atoms with Crippen LogP contribution in [0.1, 0.15) is 10.4 Å². The van der Waals surface area contributed by atoms with Gasteiger partial charge in [-0.3, -0.25) is 14.3 Å². The number of nitrogens with zero attached hydrogens (tertiary/aromatic N) is 1. The predicted molar refractivity (Wildman–Crippen MR) is 130 cm³/mol. The van der Waals surface area contributed by atoms with Crippen LogP contribution >= 0.6 is 0 Å². The van der Waals surface area contributed by atoms with E-state index in [2.05, 4.69) is 10.0 Å². The van der Waals surface area contributed by atoms with Gasteiger partial charge >= 0.3 is 0 Å². The number of ether oxygens (including phenoxy) is 2. The Bertz CT molecular complexity index is 1270. The molecule has 0 spiro atoms. The molecule has 0 bridgehead atoms. The molecule has 9 nitrogen and oxygen atoms in total. The highest BCUT2D eigenvalue weighted by molar-refractivity contribution is 7.92. The van der Waals surface area contributed by atoms with E-state index in [0.717, 1.165) is 0 Å². The molecule has 3 aromatic carbocycles.